The van der Waals surface area contributed by atoms with Crippen LogP contribution in [0.15, 0.2) is 24.3 Å². The molecule has 3 atom stereocenters. The van der Waals surface area contributed by atoms with Crippen molar-refractivity contribution in [3.8, 4) is 0 Å². The number of methoxy groups -OCH3 is 2. The molecule has 2 N–H and O–H groups in total. The van der Waals surface area contributed by atoms with Crippen molar-refractivity contribution in [1.29, 1.82) is 0 Å². The van der Waals surface area contributed by atoms with E-state index >= 15 is 0 Å². The van der Waals surface area contributed by atoms with Crippen LogP contribution < -0.4 is 5.32 Å². The highest BCUT2D eigenvalue weighted by atomic mass is 16.5. The fraction of sp³-hybridized carbons (Fsp3) is 0.680. The number of piperidine rings is 1. The van der Waals surface area contributed by atoms with Crippen LogP contribution in [0, 0.1) is 11.8 Å². The highest BCUT2D eigenvalue weighted by molar-refractivity contribution is 5.95. The Morgan fingerprint density at radius 2 is 2.03 bits per heavy atom. The summed E-state index contributed by atoms with van der Waals surface area (Å²) in [7, 11) is 3.31. The maximum atomic E-state index is 14.0. The minimum atomic E-state index is -0.549. The van der Waals surface area contributed by atoms with Gasteiger partial charge in [-0.05, 0) is 37.3 Å². The van der Waals surface area contributed by atoms with E-state index in [-0.39, 0.29) is 17.9 Å². The number of nitrogens with one attached hydrogen (secondary N) is 1. The van der Waals surface area contributed by atoms with Crippen molar-refractivity contribution in [2.24, 2.45) is 11.8 Å². The number of ether oxygens (including phenoxy) is 2. The monoisotopic (exact) mass is 460 g/mol. The molecule has 2 heterocycles. The lowest BCUT2D eigenvalue weighted by Gasteiger charge is -2.40. The largest absolute Gasteiger partial charge is 0.390 e. The normalized spacial score (nSPS) is 19.8. The van der Waals surface area contributed by atoms with E-state index < -0.39 is 6.10 Å². The molecule has 2 aromatic rings. The van der Waals surface area contributed by atoms with Gasteiger partial charge in [-0.3, -0.25) is 4.79 Å². The number of fused-ring (bicyclic) bond motifs is 1. The van der Waals surface area contributed by atoms with E-state index in [1.807, 2.05) is 29.2 Å². The first-order valence-corrected chi connectivity index (χ1v) is 12.1. The SMILES string of the molecule is COCCCCn1c(C(=O)N(CC(C)C)[C@@H]2CNC[C@H](C(O)COC)C2)nc2ccccc21. The average Bonchev–Trinajstić information content (AvgIpc) is 3.18. The van der Waals surface area contributed by atoms with Gasteiger partial charge in [-0.25, -0.2) is 4.98 Å². The summed E-state index contributed by atoms with van der Waals surface area (Å²) in [6, 6.07) is 7.93. The Kier molecular flexibility index (Phi) is 9.67. The predicted molar refractivity (Wildman–Crippen MR) is 129 cm³/mol. The second-order valence-electron chi connectivity index (χ2n) is 9.46. The number of aromatic nitrogens is 2. The minimum Gasteiger partial charge on any atom is -0.390 e. The zero-order chi connectivity index (χ0) is 23.8. The molecule has 0 bridgehead atoms. The number of benzene rings is 1. The van der Waals surface area contributed by atoms with Gasteiger partial charge in [0.25, 0.3) is 5.91 Å². The summed E-state index contributed by atoms with van der Waals surface area (Å²) < 4.78 is 12.4. The maximum absolute atomic E-state index is 14.0. The second-order valence-corrected chi connectivity index (χ2v) is 9.46. The molecule has 8 heteroatoms. The van der Waals surface area contributed by atoms with E-state index in [9.17, 15) is 9.90 Å². The van der Waals surface area contributed by atoms with Crippen LogP contribution in [0.1, 0.15) is 43.7 Å². The number of nitrogens with zero attached hydrogens (tertiary/aromatic N) is 3. The van der Waals surface area contributed by atoms with Crippen molar-refractivity contribution in [3.63, 3.8) is 0 Å². The molecule has 1 fully saturated rings. The van der Waals surface area contributed by atoms with Gasteiger partial charge in [0.15, 0.2) is 5.82 Å². The molecular weight excluding hydrogens is 420 g/mol. The molecule has 1 aliphatic rings. The lowest BCUT2D eigenvalue weighted by molar-refractivity contribution is 0.00229. The molecule has 0 aliphatic carbocycles. The lowest BCUT2D eigenvalue weighted by atomic mass is 9.89. The standard InChI is InChI=1S/C25H40N4O4/c1-18(2)16-29(20-13-19(14-26-15-20)23(30)17-33-4)25(31)24-27-21-9-5-6-10-22(21)28(24)11-7-8-12-32-3/h5-6,9-10,18-20,23,26,30H,7-8,11-17H2,1-4H3/t19-,20+,23?/m1/s1. The van der Waals surface area contributed by atoms with Crippen molar-refractivity contribution in [3.05, 3.63) is 30.1 Å². The predicted octanol–water partition coefficient (Wildman–Crippen LogP) is 2.55. The Balaban J connectivity index is 1.88. The van der Waals surface area contributed by atoms with Crippen molar-refractivity contribution in [2.75, 3.05) is 47.1 Å². The van der Waals surface area contributed by atoms with Crippen LogP contribution in [0.4, 0.5) is 0 Å². The van der Waals surface area contributed by atoms with Crippen molar-refractivity contribution in [1.82, 2.24) is 19.8 Å². The van der Waals surface area contributed by atoms with Crippen LogP contribution in [0.25, 0.3) is 11.0 Å². The molecule has 1 saturated heterocycles. The Labute approximate surface area is 197 Å². The third kappa shape index (κ3) is 6.53. The summed E-state index contributed by atoms with van der Waals surface area (Å²) in [5.41, 5.74) is 1.82. The summed E-state index contributed by atoms with van der Waals surface area (Å²) in [5, 5.41) is 13.9. The number of hydrogen-bond donors (Lipinski definition) is 2. The van der Waals surface area contributed by atoms with E-state index in [1.165, 1.54) is 0 Å². The third-order valence-corrected chi connectivity index (χ3v) is 6.33. The Morgan fingerprint density at radius 1 is 1.24 bits per heavy atom. The zero-order valence-electron chi connectivity index (χ0n) is 20.5. The van der Waals surface area contributed by atoms with Gasteiger partial charge in [0, 0.05) is 59.0 Å². The summed E-state index contributed by atoms with van der Waals surface area (Å²) >= 11 is 0. The molecule has 184 valence electrons. The van der Waals surface area contributed by atoms with E-state index in [4.69, 9.17) is 14.5 Å². The van der Waals surface area contributed by atoms with Gasteiger partial charge in [-0.15, -0.1) is 0 Å². The second kappa shape index (κ2) is 12.5. The summed E-state index contributed by atoms with van der Waals surface area (Å²) in [5.74, 6) is 0.811. The molecule has 1 aromatic carbocycles. The Morgan fingerprint density at radius 3 is 2.76 bits per heavy atom. The molecule has 0 saturated carbocycles. The fourth-order valence-corrected chi connectivity index (χ4v) is 4.69. The first-order valence-electron chi connectivity index (χ1n) is 12.1. The number of carbonyl (C=O) groups is 1. The number of aliphatic hydroxyl groups excluding tert-OH is 1. The molecule has 1 aromatic heterocycles. The number of hydrogen-bond acceptors (Lipinski definition) is 6. The quantitative estimate of drug-likeness (QED) is 0.473. The van der Waals surface area contributed by atoms with Gasteiger partial charge in [-0.1, -0.05) is 26.0 Å². The molecule has 1 amide bonds. The number of imidazole rings is 1. The van der Waals surface area contributed by atoms with Gasteiger partial charge in [0.05, 0.1) is 23.7 Å². The van der Waals surface area contributed by atoms with E-state index in [2.05, 4.69) is 23.7 Å². The molecule has 0 spiro atoms. The Bertz CT molecular complexity index is 884. The molecular formula is C25H40N4O4. The maximum Gasteiger partial charge on any atom is 0.290 e. The number of carbonyl (C=O) groups excluding carboxylic acids is 1. The van der Waals surface area contributed by atoms with E-state index in [0.717, 1.165) is 43.4 Å². The first kappa shape index (κ1) is 25.6. The number of rotatable bonds is 12. The number of amides is 1. The number of para-hydroxylation sites is 2. The number of unbranched alkanes of at least 4 members (excludes halogenated alkanes) is 1. The van der Waals surface area contributed by atoms with Gasteiger partial charge in [0.1, 0.15) is 0 Å². The zero-order valence-corrected chi connectivity index (χ0v) is 20.5. The fourth-order valence-electron chi connectivity index (χ4n) is 4.69. The van der Waals surface area contributed by atoms with Gasteiger partial charge >= 0.3 is 0 Å². The summed E-state index contributed by atoms with van der Waals surface area (Å²) in [6.07, 6.45) is 2.03. The molecule has 33 heavy (non-hydrogen) atoms. The van der Waals surface area contributed by atoms with Crippen LogP contribution in [0.5, 0.6) is 0 Å². The van der Waals surface area contributed by atoms with Crippen molar-refractivity contribution < 1.29 is 19.4 Å². The molecule has 8 nitrogen and oxygen atoms in total. The first-order chi connectivity index (χ1) is 16.0. The highest BCUT2D eigenvalue weighted by Crippen LogP contribution is 2.24. The third-order valence-electron chi connectivity index (χ3n) is 6.33. The summed E-state index contributed by atoms with van der Waals surface area (Å²) in [4.78, 5) is 20.7. The topological polar surface area (TPSA) is 88.9 Å². The molecule has 1 aliphatic heterocycles. The van der Waals surface area contributed by atoms with Crippen LogP contribution in [-0.4, -0.2) is 84.7 Å². The van der Waals surface area contributed by atoms with Crippen LogP contribution >= 0.6 is 0 Å². The molecule has 0 radical (unpaired) electrons. The smallest absolute Gasteiger partial charge is 0.290 e. The Hall–Kier alpha value is -2.00. The lowest BCUT2D eigenvalue weighted by Crippen LogP contribution is -2.54. The van der Waals surface area contributed by atoms with Crippen LogP contribution in [0.3, 0.4) is 0 Å². The van der Waals surface area contributed by atoms with Gasteiger partial charge < -0.3 is 29.4 Å². The van der Waals surface area contributed by atoms with Crippen LogP contribution in [0.2, 0.25) is 0 Å². The van der Waals surface area contributed by atoms with Gasteiger partial charge in [0.2, 0.25) is 0 Å². The average molecular weight is 461 g/mol. The molecule has 1 unspecified atom stereocenters. The van der Waals surface area contributed by atoms with Crippen molar-refractivity contribution in [2.45, 2.75) is 51.8 Å². The highest BCUT2D eigenvalue weighted by Gasteiger charge is 2.35. The summed E-state index contributed by atoms with van der Waals surface area (Å²) in [6.45, 7) is 8.06. The van der Waals surface area contributed by atoms with Gasteiger partial charge in [-0.2, -0.15) is 0 Å². The van der Waals surface area contributed by atoms with Crippen molar-refractivity contribution >= 4 is 16.9 Å². The minimum absolute atomic E-state index is 0.00749. The number of aliphatic hydroxyl groups is 1. The van der Waals surface area contributed by atoms with E-state index in [0.29, 0.717) is 38.0 Å². The number of aryl methyl sites for hydroxylation is 1. The van der Waals surface area contributed by atoms with E-state index in [1.54, 1.807) is 14.2 Å². The van der Waals surface area contributed by atoms with Crippen LogP contribution in [-0.2, 0) is 16.0 Å². The molecule has 3 rings (SSSR count).